The summed E-state index contributed by atoms with van der Waals surface area (Å²) < 4.78 is 2.03. The Kier molecular flexibility index (Phi) is 5.08. The molecule has 7 heteroatoms. The molecule has 0 bridgehead atoms. The van der Waals surface area contributed by atoms with E-state index in [1.165, 1.54) is 22.7 Å². The highest BCUT2D eigenvalue weighted by atomic mass is 35.5. The fourth-order valence-corrected chi connectivity index (χ4v) is 4.77. The van der Waals surface area contributed by atoms with E-state index in [1.54, 1.807) is 18.2 Å². The number of nitrogens with zero attached hydrogens (tertiary/aromatic N) is 3. The molecule has 0 N–H and O–H groups in total. The summed E-state index contributed by atoms with van der Waals surface area (Å²) in [6.45, 7) is 6.25. The van der Waals surface area contributed by atoms with Crippen LogP contribution < -0.4 is 0 Å². The molecule has 0 fully saturated rings. The van der Waals surface area contributed by atoms with Crippen LogP contribution in [0, 0.1) is 20.8 Å². The molecule has 0 radical (unpaired) electrons. The monoisotopic (exact) mass is 429 g/mol. The van der Waals surface area contributed by atoms with Crippen LogP contribution in [0.1, 0.15) is 27.0 Å². The molecule has 2 aromatic heterocycles. The molecule has 4 aromatic rings. The summed E-state index contributed by atoms with van der Waals surface area (Å²) in [6.07, 6.45) is 0. The lowest BCUT2D eigenvalue weighted by atomic mass is 10.0. The second-order valence-electron chi connectivity index (χ2n) is 6.82. The Morgan fingerprint density at radius 2 is 1.82 bits per heavy atom. The quantitative estimate of drug-likeness (QED) is 0.290. The van der Waals surface area contributed by atoms with Gasteiger partial charge in [-0.15, -0.1) is 10.2 Å². The minimum atomic E-state index is -0.0765. The van der Waals surface area contributed by atoms with Crippen molar-refractivity contribution in [2.75, 3.05) is 5.75 Å². The lowest BCUT2D eigenvalue weighted by Gasteiger charge is -2.11. The third kappa shape index (κ3) is 3.39. The van der Waals surface area contributed by atoms with Crippen molar-refractivity contribution in [3.05, 3.63) is 68.7 Å². The molecule has 0 amide bonds. The van der Waals surface area contributed by atoms with Gasteiger partial charge in [-0.3, -0.25) is 9.20 Å². The summed E-state index contributed by atoms with van der Waals surface area (Å²) in [6, 6.07) is 11.2. The van der Waals surface area contributed by atoms with E-state index < -0.39 is 0 Å². The molecule has 0 aliphatic heterocycles. The molecule has 0 atom stereocenters. The van der Waals surface area contributed by atoms with Crippen molar-refractivity contribution in [3.63, 3.8) is 0 Å². The van der Waals surface area contributed by atoms with Crippen LogP contribution in [0.3, 0.4) is 0 Å². The molecule has 0 spiro atoms. The number of carbonyl (C=O) groups is 1. The molecule has 2 heterocycles. The molecule has 0 aliphatic rings. The molecular weight excluding hydrogens is 413 g/mol. The molecule has 4 rings (SSSR count). The molecule has 0 unspecified atom stereocenters. The average Bonchev–Trinajstić information content (AvgIpc) is 3.02. The van der Waals surface area contributed by atoms with E-state index in [2.05, 4.69) is 43.1 Å². The Morgan fingerprint density at radius 1 is 1.04 bits per heavy atom. The number of aryl methyl sites for hydroxylation is 3. The van der Waals surface area contributed by atoms with Crippen molar-refractivity contribution < 1.29 is 4.79 Å². The van der Waals surface area contributed by atoms with Crippen LogP contribution in [-0.4, -0.2) is 26.1 Å². The van der Waals surface area contributed by atoms with Crippen LogP contribution in [0.5, 0.6) is 0 Å². The Hall–Kier alpha value is -2.08. The number of halogens is 2. The van der Waals surface area contributed by atoms with Gasteiger partial charge < -0.3 is 0 Å². The van der Waals surface area contributed by atoms with Crippen molar-refractivity contribution in [2.45, 2.75) is 25.9 Å². The smallest absolute Gasteiger partial charge is 0.196 e. The maximum absolute atomic E-state index is 12.6. The van der Waals surface area contributed by atoms with E-state index in [0.29, 0.717) is 20.8 Å². The first-order valence-electron chi connectivity index (χ1n) is 8.72. The van der Waals surface area contributed by atoms with Crippen molar-refractivity contribution in [1.82, 2.24) is 14.6 Å². The van der Waals surface area contributed by atoms with Crippen molar-refractivity contribution in [1.29, 1.82) is 0 Å². The fourth-order valence-electron chi connectivity index (χ4n) is 3.43. The highest BCUT2D eigenvalue weighted by molar-refractivity contribution is 7.99. The van der Waals surface area contributed by atoms with E-state index in [-0.39, 0.29) is 11.5 Å². The number of carbonyl (C=O) groups excluding carboxylic acids is 1. The van der Waals surface area contributed by atoms with Gasteiger partial charge in [-0.25, -0.2) is 0 Å². The van der Waals surface area contributed by atoms with Crippen LogP contribution in [0.25, 0.3) is 16.6 Å². The van der Waals surface area contributed by atoms with Gasteiger partial charge in [0.1, 0.15) is 0 Å². The first kappa shape index (κ1) is 19.2. The topological polar surface area (TPSA) is 47.3 Å². The SMILES string of the molecule is Cc1cc(C)c2c(c1)c(C)cc1nnc(SCC(=O)c3ccc(Cl)cc3Cl)n12. The highest BCUT2D eigenvalue weighted by Crippen LogP contribution is 2.30. The number of benzene rings is 2. The van der Waals surface area contributed by atoms with Gasteiger partial charge in [0, 0.05) is 16.0 Å². The first-order valence-corrected chi connectivity index (χ1v) is 10.5. The van der Waals surface area contributed by atoms with Gasteiger partial charge in [-0.1, -0.05) is 46.6 Å². The van der Waals surface area contributed by atoms with Crippen molar-refractivity contribution >= 4 is 57.3 Å². The zero-order valence-corrected chi connectivity index (χ0v) is 17.9. The van der Waals surface area contributed by atoms with Gasteiger partial charge in [-0.2, -0.15) is 0 Å². The lowest BCUT2D eigenvalue weighted by Crippen LogP contribution is -2.04. The van der Waals surface area contributed by atoms with E-state index in [1.807, 2.05) is 10.5 Å². The number of aromatic nitrogens is 3. The third-order valence-electron chi connectivity index (χ3n) is 4.66. The normalized spacial score (nSPS) is 11.5. The fraction of sp³-hybridized carbons (Fsp3) is 0.190. The molecule has 142 valence electrons. The molecule has 0 aliphatic carbocycles. The lowest BCUT2D eigenvalue weighted by molar-refractivity contribution is 0.102. The van der Waals surface area contributed by atoms with Gasteiger partial charge in [-0.05, 0) is 62.2 Å². The first-order chi connectivity index (χ1) is 13.3. The van der Waals surface area contributed by atoms with Crippen LogP contribution in [0.15, 0.2) is 41.6 Å². The van der Waals surface area contributed by atoms with Gasteiger partial charge in [0.2, 0.25) is 0 Å². The average molecular weight is 430 g/mol. The second kappa shape index (κ2) is 7.39. The Morgan fingerprint density at radius 3 is 2.57 bits per heavy atom. The number of hydrogen-bond donors (Lipinski definition) is 0. The highest BCUT2D eigenvalue weighted by Gasteiger charge is 2.17. The van der Waals surface area contributed by atoms with Crippen molar-refractivity contribution in [2.24, 2.45) is 0 Å². The number of hydrogen-bond acceptors (Lipinski definition) is 4. The minimum Gasteiger partial charge on any atom is -0.293 e. The van der Waals surface area contributed by atoms with Crippen molar-refractivity contribution in [3.8, 4) is 0 Å². The van der Waals surface area contributed by atoms with Gasteiger partial charge in [0.05, 0.1) is 16.3 Å². The maximum atomic E-state index is 12.6. The summed E-state index contributed by atoms with van der Waals surface area (Å²) in [7, 11) is 0. The Bertz CT molecular complexity index is 1250. The summed E-state index contributed by atoms with van der Waals surface area (Å²) in [5.41, 5.74) is 5.82. The number of rotatable bonds is 4. The molecule has 4 nitrogen and oxygen atoms in total. The van der Waals surface area contributed by atoms with Crippen LogP contribution in [0.4, 0.5) is 0 Å². The van der Waals surface area contributed by atoms with Gasteiger partial charge in [0.25, 0.3) is 0 Å². The number of fused-ring (bicyclic) bond motifs is 3. The summed E-state index contributed by atoms with van der Waals surface area (Å²) in [4.78, 5) is 12.6. The number of ketones is 1. The summed E-state index contributed by atoms with van der Waals surface area (Å²) in [5, 5.41) is 11.3. The number of thioether (sulfide) groups is 1. The third-order valence-corrected chi connectivity index (χ3v) is 6.14. The second-order valence-corrected chi connectivity index (χ2v) is 8.60. The standard InChI is InChI=1S/C21H17Cl2N3OS/c1-11-6-13(3)20-16(7-11)12(2)8-19-24-25-21(26(19)20)28-10-18(27)15-5-4-14(22)9-17(15)23/h4-9H,10H2,1-3H3. The zero-order chi connectivity index (χ0) is 20.0. The predicted octanol–water partition coefficient (Wildman–Crippen LogP) is 6.09. The Balaban J connectivity index is 1.74. The van der Waals surface area contributed by atoms with Crippen LogP contribution in [0.2, 0.25) is 10.0 Å². The van der Waals surface area contributed by atoms with E-state index in [9.17, 15) is 4.79 Å². The number of pyridine rings is 1. The summed E-state index contributed by atoms with van der Waals surface area (Å²) >= 11 is 13.4. The van der Waals surface area contributed by atoms with Crippen LogP contribution in [-0.2, 0) is 0 Å². The molecular formula is C21H17Cl2N3OS. The van der Waals surface area contributed by atoms with E-state index in [4.69, 9.17) is 23.2 Å². The Labute approximate surface area is 176 Å². The molecule has 0 saturated carbocycles. The van der Waals surface area contributed by atoms with E-state index >= 15 is 0 Å². The van der Waals surface area contributed by atoms with Crippen LogP contribution >= 0.6 is 35.0 Å². The number of Topliss-reactive ketones (excluding diaryl/α,β-unsaturated/α-hetero) is 1. The molecule has 2 aromatic carbocycles. The minimum absolute atomic E-state index is 0.0765. The summed E-state index contributed by atoms with van der Waals surface area (Å²) in [5.74, 6) is 0.134. The largest absolute Gasteiger partial charge is 0.293 e. The van der Waals surface area contributed by atoms with Gasteiger partial charge in [0.15, 0.2) is 16.6 Å². The molecule has 0 saturated heterocycles. The maximum Gasteiger partial charge on any atom is 0.196 e. The van der Waals surface area contributed by atoms with E-state index in [0.717, 1.165) is 22.3 Å². The van der Waals surface area contributed by atoms with Gasteiger partial charge >= 0.3 is 0 Å². The molecule has 28 heavy (non-hydrogen) atoms. The zero-order valence-electron chi connectivity index (χ0n) is 15.6. The predicted molar refractivity (Wildman–Crippen MR) is 116 cm³/mol.